The van der Waals surface area contributed by atoms with Crippen molar-refractivity contribution in [2.24, 2.45) is 0 Å². The molecule has 24 heavy (non-hydrogen) atoms. The average Bonchev–Trinajstić information content (AvgIpc) is 2.36. The zero-order chi connectivity index (χ0) is 18.3. The molecule has 1 fully saturated rings. The summed E-state index contributed by atoms with van der Waals surface area (Å²) in [6, 6.07) is 4.38. The summed E-state index contributed by atoms with van der Waals surface area (Å²) < 4.78 is 5.85. The van der Waals surface area contributed by atoms with Gasteiger partial charge in [-0.2, -0.15) is 0 Å². The molecule has 0 amide bonds. The minimum absolute atomic E-state index is 0.0777. The highest BCUT2D eigenvalue weighted by Gasteiger charge is 2.28. The van der Waals surface area contributed by atoms with E-state index in [0.29, 0.717) is 5.75 Å². The van der Waals surface area contributed by atoms with E-state index in [2.05, 4.69) is 72.4 Å². The van der Waals surface area contributed by atoms with E-state index in [1.54, 1.807) is 0 Å². The summed E-state index contributed by atoms with van der Waals surface area (Å²) in [7, 11) is 0. The van der Waals surface area contributed by atoms with Crippen LogP contribution in [0.25, 0.3) is 0 Å². The third-order valence-corrected chi connectivity index (χ3v) is 4.69. The molecule has 2 atom stereocenters. The van der Waals surface area contributed by atoms with Crippen LogP contribution in [-0.4, -0.2) is 35.3 Å². The lowest BCUT2D eigenvalue weighted by Crippen LogP contribution is -2.44. The minimum atomic E-state index is -0.0777. The number of phenolic OH excluding ortho intramolecular Hbond substituents is 1. The first-order valence-corrected chi connectivity index (χ1v) is 9.12. The van der Waals surface area contributed by atoms with Gasteiger partial charge in [-0.1, -0.05) is 53.7 Å². The second kappa shape index (κ2) is 6.68. The Hall–Kier alpha value is -1.06. The maximum absolute atomic E-state index is 10.8. The fraction of sp³-hybridized carbons (Fsp3) is 0.714. The Labute approximate surface area is 148 Å². The first kappa shape index (κ1) is 19.3. The van der Waals surface area contributed by atoms with Gasteiger partial charge >= 0.3 is 0 Å². The number of benzene rings is 1. The van der Waals surface area contributed by atoms with Crippen molar-refractivity contribution >= 4 is 0 Å². The molecule has 0 radical (unpaired) electrons. The number of phenols is 1. The summed E-state index contributed by atoms with van der Waals surface area (Å²) in [4.78, 5) is 2.46. The number of nitrogens with zero attached hydrogens (tertiary/aromatic N) is 1. The summed E-state index contributed by atoms with van der Waals surface area (Å²) in [5.41, 5.74) is 3.21. The average molecular weight is 334 g/mol. The smallest absolute Gasteiger partial charge is 0.123 e. The van der Waals surface area contributed by atoms with Crippen LogP contribution in [0, 0.1) is 0 Å². The van der Waals surface area contributed by atoms with Gasteiger partial charge in [0.1, 0.15) is 5.75 Å². The van der Waals surface area contributed by atoms with Gasteiger partial charge in [0.15, 0.2) is 0 Å². The molecule has 1 aliphatic rings. The molecule has 0 aliphatic carbocycles. The van der Waals surface area contributed by atoms with Crippen LogP contribution >= 0.6 is 0 Å². The van der Waals surface area contributed by atoms with Crippen molar-refractivity contribution in [1.82, 2.24) is 4.90 Å². The topological polar surface area (TPSA) is 32.7 Å². The lowest BCUT2D eigenvalue weighted by Gasteiger charge is -2.36. The highest BCUT2D eigenvalue weighted by molar-refractivity contribution is 5.49. The molecule has 136 valence electrons. The molecule has 2 rings (SSSR count). The molecule has 1 aromatic carbocycles. The van der Waals surface area contributed by atoms with E-state index in [0.717, 1.165) is 30.8 Å². The Morgan fingerprint density at radius 3 is 1.75 bits per heavy atom. The summed E-state index contributed by atoms with van der Waals surface area (Å²) in [6.45, 7) is 20.1. The SMILES string of the molecule is C[C@@H]1CN(Cc2cc(C(C)(C)C)c(O)c(C(C)(C)C)c2)C[C@H](C)O1. The van der Waals surface area contributed by atoms with Crippen LogP contribution < -0.4 is 0 Å². The number of morpholine rings is 1. The summed E-state index contributed by atoms with van der Waals surface area (Å²) >= 11 is 0. The molecular weight excluding hydrogens is 298 g/mol. The van der Waals surface area contributed by atoms with Crippen LogP contribution in [0.15, 0.2) is 12.1 Å². The van der Waals surface area contributed by atoms with Gasteiger partial charge in [0.2, 0.25) is 0 Å². The van der Waals surface area contributed by atoms with Crippen molar-refractivity contribution in [1.29, 1.82) is 0 Å². The Kier molecular flexibility index (Phi) is 5.37. The zero-order valence-corrected chi connectivity index (χ0v) is 16.7. The lowest BCUT2D eigenvalue weighted by atomic mass is 9.78. The van der Waals surface area contributed by atoms with E-state index in [1.165, 1.54) is 5.56 Å². The van der Waals surface area contributed by atoms with Crippen LogP contribution in [0.4, 0.5) is 0 Å². The van der Waals surface area contributed by atoms with Gasteiger partial charge in [-0.05, 0) is 41.4 Å². The van der Waals surface area contributed by atoms with E-state index in [1.807, 2.05) is 0 Å². The van der Waals surface area contributed by atoms with Crippen LogP contribution in [0.2, 0.25) is 0 Å². The van der Waals surface area contributed by atoms with Crippen molar-refractivity contribution < 1.29 is 9.84 Å². The predicted octanol–water partition coefficient (Wildman–Crippen LogP) is 4.60. The monoisotopic (exact) mass is 333 g/mol. The molecule has 0 aromatic heterocycles. The van der Waals surface area contributed by atoms with Crippen molar-refractivity contribution in [3.63, 3.8) is 0 Å². The van der Waals surface area contributed by atoms with Crippen LogP contribution in [0.5, 0.6) is 5.75 Å². The molecule has 1 aromatic rings. The first-order chi connectivity index (χ1) is 10.9. The largest absolute Gasteiger partial charge is 0.507 e. The fourth-order valence-electron chi connectivity index (χ4n) is 3.60. The summed E-state index contributed by atoms with van der Waals surface area (Å²) in [5.74, 6) is 0.461. The highest BCUT2D eigenvalue weighted by atomic mass is 16.5. The van der Waals surface area contributed by atoms with Crippen molar-refractivity contribution in [2.45, 2.75) is 85.0 Å². The van der Waals surface area contributed by atoms with E-state index in [9.17, 15) is 5.11 Å². The van der Waals surface area contributed by atoms with E-state index >= 15 is 0 Å². The lowest BCUT2D eigenvalue weighted by molar-refractivity contribution is -0.0705. The molecule has 0 bridgehead atoms. The van der Waals surface area contributed by atoms with Gasteiger partial charge in [-0.3, -0.25) is 4.90 Å². The van der Waals surface area contributed by atoms with Crippen molar-refractivity contribution in [2.75, 3.05) is 13.1 Å². The molecule has 0 spiro atoms. The molecule has 1 aliphatic heterocycles. The highest BCUT2D eigenvalue weighted by Crippen LogP contribution is 2.40. The molecule has 0 unspecified atom stereocenters. The van der Waals surface area contributed by atoms with E-state index in [-0.39, 0.29) is 23.0 Å². The maximum Gasteiger partial charge on any atom is 0.123 e. The third kappa shape index (κ3) is 4.52. The maximum atomic E-state index is 10.8. The number of hydrogen-bond acceptors (Lipinski definition) is 3. The molecular formula is C21H35NO2. The van der Waals surface area contributed by atoms with Crippen LogP contribution in [0.1, 0.15) is 72.1 Å². The Balaban J connectivity index is 2.39. The molecule has 1 heterocycles. The second-order valence-electron chi connectivity index (χ2n) is 9.49. The van der Waals surface area contributed by atoms with Crippen LogP contribution in [0.3, 0.4) is 0 Å². The minimum Gasteiger partial charge on any atom is -0.507 e. The normalized spacial score (nSPS) is 23.5. The third-order valence-electron chi connectivity index (χ3n) is 4.69. The molecule has 3 heteroatoms. The van der Waals surface area contributed by atoms with E-state index < -0.39 is 0 Å². The Morgan fingerprint density at radius 2 is 1.38 bits per heavy atom. The Bertz CT molecular complexity index is 535. The molecule has 0 saturated carbocycles. The number of ether oxygens (including phenoxy) is 1. The second-order valence-corrected chi connectivity index (χ2v) is 9.49. The molecule has 1 saturated heterocycles. The van der Waals surface area contributed by atoms with E-state index in [4.69, 9.17) is 4.74 Å². The van der Waals surface area contributed by atoms with Gasteiger partial charge in [0.25, 0.3) is 0 Å². The number of aromatic hydroxyl groups is 1. The standard InChI is InChI=1S/C21H35NO2/c1-14-11-22(12-15(2)24-14)13-16-9-17(20(3,4)5)19(23)18(10-16)21(6,7)8/h9-10,14-15,23H,11-13H2,1-8H3/t14-,15+. The fourth-order valence-corrected chi connectivity index (χ4v) is 3.60. The summed E-state index contributed by atoms with van der Waals surface area (Å²) in [6.07, 6.45) is 0.546. The van der Waals surface area contributed by atoms with Gasteiger partial charge in [0, 0.05) is 19.6 Å². The predicted molar refractivity (Wildman–Crippen MR) is 101 cm³/mol. The number of rotatable bonds is 2. The van der Waals surface area contributed by atoms with Gasteiger partial charge in [0.05, 0.1) is 12.2 Å². The van der Waals surface area contributed by atoms with Crippen molar-refractivity contribution in [3.05, 3.63) is 28.8 Å². The zero-order valence-electron chi connectivity index (χ0n) is 16.7. The molecule has 3 nitrogen and oxygen atoms in total. The Morgan fingerprint density at radius 1 is 0.958 bits per heavy atom. The quantitative estimate of drug-likeness (QED) is 0.859. The first-order valence-electron chi connectivity index (χ1n) is 9.12. The number of hydrogen-bond donors (Lipinski definition) is 1. The van der Waals surface area contributed by atoms with Gasteiger partial charge < -0.3 is 9.84 Å². The molecule has 1 N–H and O–H groups in total. The van der Waals surface area contributed by atoms with Gasteiger partial charge in [-0.25, -0.2) is 0 Å². The van der Waals surface area contributed by atoms with Gasteiger partial charge in [-0.15, -0.1) is 0 Å². The summed E-state index contributed by atoms with van der Waals surface area (Å²) in [5, 5.41) is 10.8. The van der Waals surface area contributed by atoms with Crippen molar-refractivity contribution in [3.8, 4) is 5.75 Å². The van der Waals surface area contributed by atoms with Crippen LogP contribution in [-0.2, 0) is 22.1 Å².